The normalized spacial score (nSPS) is 14.1. The maximum atomic E-state index is 12.3. The van der Waals surface area contributed by atoms with Crippen LogP contribution in [0.2, 0.25) is 0 Å². The van der Waals surface area contributed by atoms with Gasteiger partial charge in [-0.05, 0) is 46.5 Å². The van der Waals surface area contributed by atoms with E-state index in [4.69, 9.17) is 4.74 Å². The third kappa shape index (κ3) is 6.78. The highest BCUT2D eigenvalue weighted by Crippen LogP contribution is 2.26. The van der Waals surface area contributed by atoms with Crippen molar-refractivity contribution >= 4 is 12.1 Å². The number of amides is 1. The summed E-state index contributed by atoms with van der Waals surface area (Å²) in [5, 5.41) is 9.45. The van der Waals surface area contributed by atoms with Gasteiger partial charge in [-0.15, -0.1) is 0 Å². The lowest BCUT2D eigenvalue weighted by atomic mass is 9.87. The summed E-state index contributed by atoms with van der Waals surface area (Å²) in [6, 6.07) is -1.13. The summed E-state index contributed by atoms with van der Waals surface area (Å²) in [4.78, 5) is 25.1. The quantitative estimate of drug-likeness (QED) is 0.859. The van der Waals surface area contributed by atoms with E-state index in [2.05, 4.69) is 0 Å². The molecule has 0 aliphatic heterocycles. The smallest absolute Gasteiger partial charge is 0.411 e. The minimum Gasteiger partial charge on any atom is -0.480 e. The molecule has 0 saturated heterocycles. The first-order valence-corrected chi connectivity index (χ1v) is 6.99. The Morgan fingerprint density at radius 1 is 1.10 bits per heavy atom. The van der Waals surface area contributed by atoms with Crippen molar-refractivity contribution in [3.8, 4) is 0 Å². The van der Waals surface area contributed by atoms with Crippen LogP contribution >= 0.6 is 0 Å². The number of rotatable bonds is 4. The van der Waals surface area contributed by atoms with Gasteiger partial charge in [0.1, 0.15) is 11.6 Å². The van der Waals surface area contributed by atoms with Crippen LogP contribution in [0.25, 0.3) is 0 Å². The van der Waals surface area contributed by atoms with Crippen molar-refractivity contribution in [3.63, 3.8) is 0 Å². The van der Waals surface area contributed by atoms with Crippen molar-refractivity contribution in [2.24, 2.45) is 5.41 Å². The number of ether oxygens (including phenoxy) is 1. The van der Waals surface area contributed by atoms with Gasteiger partial charge in [-0.25, -0.2) is 9.59 Å². The zero-order valence-corrected chi connectivity index (χ0v) is 14.0. The molecule has 1 unspecified atom stereocenters. The molecule has 0 aliphatic rings. The van der Waals surface area contributed by atoms with E-state index in [0.29, 0.717) is 6.42 Å². The average Bonchev–Trinajstić information content (AvgIpc) is 2.10. The van der Waals surface area contributed by atoms with Crippen LogP contribution in [-0.2, 0) is 9.53 Å². The van der Waals surface area contributed by atoms with Gasteiger partial charge < -0.3 is 9.84 Å². The molecule has 0 fully saturated rings. The number of aliphatic carboxylic acids is 1. The number of carbonyl (C=O) groups excluding carboxylic acids is 1. The van der Waals surface area contributed by atoms with Gasteiger partial charge in [-0.2, -0.15) is 0 Å². The number of carboxylic acids is 1. The standard InChI is InChI=1S/C15H29NO4/c1-10(2)16(13(19)20-15(6,7)8)11(12(17)18)9-14(3,4)5/h10-11H,9H2,1-8H3,(H,17,18). The number of nitrogens with zero attached hydrogens (tertiary/aromatic N) is 1. The Hall–Kier alpha value is -1.26. The molecular formula is C15H29NO4. The van der Waals surface area contributed by atoms with Crippen LogP contribution in [0, 0.1) is 5.41 Å². The second-order valence-electron chi connectivity index (χ2n) is 7.60. The SMILES string of the molecule is CC(C)N(C(=O)OC(C)(C)C)C(CC(C)(C)C)C(=O)O. The Kier molecular flexibility index (Phi) is 6.05. The minimum absolute atomic E-state index is 0.196. The van der Waals surface area contributed by atoms with Crippen molar-refractivity contribution in [2.75, 3.05) is 0 Å². The van der Waals surface area contributed by atoms with Gasteiger partial charge in [0.25, 0.3) is 0 Å². The van der Waals surface area contributed by atoms with Gasteiger partial charge in [-0.1, -0.05) is 20.8 Å². The van der Waals surface area contributed by atoms with Crippen LogP contribution in [0.5, 0.6) is 0 Å². The fourth-order valence-electron chi connectivity index (χ4n) is 1.90. The van der Waals surface area contributed by atoms with Gasteiger partial charge in [-0.3, -0.25) is 4.90 Å². The van der Waals surface area contributed by atoms with E-state index in [1.165, 1.54) is 4.90 Å². The largest absolute Gasteiger partial charge is 0.480 e. The predicted molar refractivity (Wildman–Crippen MR) is 78.7 cm³/mol. The molecule has 0 rings (SSSR count). The van der Waals surface area contributed by atoms with Crippen LogP contribution in [0.4, 0.5) is 4.79 Å². The molecule has 1 amide bonds. The molecule has 1 atom stereocenters. The molecule has 1 N–H and O–H groups in total. The van der Waals surface area contributed by atoms with E-state index < -0.39 is 23.7 Å². The lowest BCUT2D eigenvalue weighted by Gasteiger charge is -2.36. The zero-order chi connectivity index (χ0) is 16.3. The van der Waals surface area contributed by atoms with Crippen LogP contribution in [0.3, 0.4) is 0 Å². The van der Waals surface area contributed by atoms with Crippen LogP contribution in [0.15, 0.2) is 0 Å². The van der Waals surface area contributed by atoms with Crippen molar-refractivity contribution in [3.05, 3.63) is 0 Å². The Morgan fingerprint density at radius 3 is 1.80 bits per heavy atom. The second kappa shape index (κ2) is 6.46. The molecule has 0 aromatic heterocycles. The van der Waals surface area contributed by atoms with Gasteiger partial charge in [0, 0.05) is 6.04 Å². The summed E-state index contributed by atoms with van der Waals surface area (Å²) < 4.78 is 5.33. The van der Waals surface area contributed by atoms with Crippen LogP contribution < -0.4 is 0 Å². The maximum Gasteiger partial charge on any atom is 0.411 e. The van der Waals surface area contributed by atoms with E-state index in [0.717, 1.165) is 0 Å². The van der Waals surface area contributed by atoms with Crippen molar-refractivity contribution in [1.82, 2.24) is 4.90 Å². The second-order valence-corrected chi connectivity index (χ2v) is 7.60. The van der Waals surface area contributed by atoms with Gasteiger partial charge in [0.05, 0.1) is 0 Å². The summed E-state index contributed by atoms with van der Waals surface area (Å²) in [6.45, 7) is 14.8. The van der Waals surface area contributed by atoms with Gasteiger partial charge in [0.15, 0.2) is 0 Å². The summed E-state index contributed by atoms with van der Waals surface area (Å²) in [5.74, 6) is -1.00. The van der Waals surface area contributed by atoms with Gasteiger partial charge >= 0.3 is 12.1 Å². The van der Waals surface area contributed by atoms with E-state index in [9.17, 15) is 14.7 Å². The minimum atomic E-state index is -1.00. The fraction of sp³-hybridized carbons (Fsp3) is 0.867. The molecule has 5 nitrogen and oxygen atoms in total. The number of hydrogen-bond donors (Lipinski definition) is 1. The monoisotopic (exact) mass is 287 g/mol. The number of carbonyl (C=O) groups is 2. The highest BCUT2D eigenvalue weighted by molar-refractivity contribution is 5.80. The van der Waals surface area contributed by atoms with Crippen molar-refractivity contribution < 1.29 is 19.4 Å². The van der Waals surface area contributed by atoms with E-state index >= 15 is 0 Å². The third-order valence-electron chi connectivity index (χ3n) is 2.59. The van der Waals surface area contributed by atoms with Gasteiger partial charge in [0.2, 0.25) is 0 Å². The summed E-state index contributed by atoms with van der Waals surface area (Å²) in [7, 11) is 0. The maximum absolute atomic E-state index is 12.3. The molecule has 118 valence electrons. The van der Waals surface area contributed by atoms with Crippen molar-refractivity contribution in [1.29, 1.82) is 0 Å². The molecule has 0 bridgehead atoms. The third-order valence-corrected chi connectivity index (χ3v) is 2.59. The topological polar surface area (TPSA) is 66.8 Å². The lowest BCUT2D eigenvalue weighted by Crippen LogP contribution is -2.51. The molecule has 0 heterocycles. The molecule has 20 heavy (non-hydrogen) atoms. The Balaban J connectivity index is 5.30. The summed E-state index contributed by atoms with van der Waals surface area (Å²) in [5.41, 5.74) is -0.840. The Labute approximate surface area is 122 Å². The van der Waals surface area contributed by atoms with Crippen LogP contribution in [0.1, 0.15) is 61.8 Å². The molecule has 0 aromatic carbocycles. The van der Waals surface area contributed by atoms with Crippen molar-refractivity contribution in [2.45, 2.75) is 79.5 Å². The first-order valence-electron chi connectivity index (χ1n) is 6.99. The molecule has 5 heteroatoms. The first-order chi connectivity index (χ1) is 8.74. The number of carboxylic acid groups (broad SMARTS) is 1. The number of hydrogen-bond acceptors (Lipinski definition) is 3. The van der Waals surface area contributed by atoms with Crippen LogP contribution in [-0.4, -0.2) is 39.8 Å². The summed E-state index contributed by atoms with van der Waals surface area (Å²) >= 11 is 0. The highest BCUT2D eigenvalue weighted by Gasteiger charge is 2.37. The summed E-state index contributed by atoms with van der Waals surface area (Å²) in [6.07, 6.45) is -0.205. The lowest BCUT2D eigenvalue weighted by molar-refractivity contribution is -0.145. The highest BCUT2D eigenvalue weighted by atomic mass is 16.6. The van der Waals surface area contributed by atoms with E-state index in [1.54, 1.807) is 34.6 Å². The molecule has 0 saturated carbocycles. The molecule has 0 radical (unpaired) electrons. The van der Waals surface area contributed by atoms with E-state index in [1.807, 2.05) is 20.8 Å². The first kappa shape index (κ1) is 18.7. The fourth-order valence-corrected chi connectivity index (χ4v) is 1.90. The molecule has 0 aromatic rings. The average molecular weight is 287 g/mol. The predicted octanol–water partition coefficient (Wildman–Crippen LogP) is 3.52. The Morgan fingerprint density at radius 2 is 1.55 bits per heavy atom. The zero-order valence-electron chi connectivity index (χ0n) is 14.0. The molecule has 0 spiro atoms. The molecule has 0 aliphatic carbocycles. The molecular weight excluding hydrogens is 258 g/mol. The Bertz CT molecular complexity index is 350. The van der Waals surface area contributed by atoms with E-state index in [-0.39, 0.29) is 11.5 Å².